The maximum absolute atomic E-state index is 15.3. The molecule has 0 bridgehead atoms. The van der Waals surface area contributed by atoms with Crippen molar-refractivity contribution in [2.24, 2.45) is 11.7 Å². The maximum Gasteiger partial charge on any atom is 0.350 e. The predicted octanol–water partition coefficient (Wildman–Crippen LogP) is 0.664. The van der Waals surface area contributed by atoms with Crippen molar-refractivity contribution in [3.05, 3.63) is 32.7 Å². The second-order valence-electron chi connectivity index (χ2n) is 8.41. The first-order valence-corrected chi connectivity index (χ1v) is 9.63. The van der Waals surface area contributed by atoms with E-state index in [4.69, 9.17) is 16.3 Å². The summed E-state index contributed by atoms with van der Waals surface area (Å²) in [5, 5.41) is 0.0571. The average molecular weight is 392 g/mol. The molecule has 28 heavy (non-hydrogen) atoms. The molecule has 1 aromatic heterocycles. The number of likely N-dealkylation sites (tertiary alicyclic amines) is 1. The third kappa shape index (κ3) is 2.64. The van der Waals surface area contributed by atoms with Crippen LogP contribution >= 0.6 is 0 Å². The van der Waals surface area contributed by atoms with Gasteiger partial charge in [-0.05, 0) is 25.8 Å². The molecular formula is C19H27FN5O3+. The van der Waals surface area contributed by atoms with E-state index in [-0.39, 0.29) is 29.1 Å². The molecule has 3 unspecified atom stereocenters. The number of methoxy groups -OCH3 is 1. The summed E-state index contributed by atoms with van der Waals surface area (Å²) in [5.74, 6) is 5.65. The minimum absolute atomic E-state index is 0.00329. The fourth-order valence-corrected chi connectivity index (χ4v) is 4.59. The molecule has 0 spiro atoms. The zero-order valence-electron chi connectivity index (χ0n) is 16.4. The monoisotopic (exact) mass is 392 g/mol. The van der Waals surface area contributed by atoms with Crippen molar-refractivity contribution in [2.45, 2.75) is 38.3 Å². The van der Waals surface area contributed by atoms with Crippen molar-refractivity contribution >= 4 is 16.6 Å². The standard InChI is InChI=1S/C19H27FN5O3/c1-10(21)11-6-7-25(2,9-11)16-14(20)8-13-15(17(16)28-3)23(12-4-5-12)19(27)24(22)18(13)26/h8,10-12H,4-7,9,21-22H2,1-3H3/q+1. The lowest BCUT2D eigenvalue weighted by atomic mass is 10.0. The van der Waals surface area contributed by atoms with Gasteiger partial charge in [0, 0.05) is 24.4 Å². The number of hydrogen-bond donors (Lipinski definition) is 2. The lowest BCUT2D eigenvalue weighted by Crippen LogP contribution is -2.46. The lowest BCUT2D eigenvalue weighted by molar-refractivity contribution is 0.334. The van der Waals surface area contributed by atoms with Gasteiger partial charge >= 0.3 is 5.69 Å². The predicted molar refractivity (Wildman–Crippen MR) is 107 cm³/mol. The Morgan fingerprint density at radius 1 is 1.32 bits per heavy atom. The third-order valence-electron chi connectivity index (χ3n) is 6.32. The minimum Gasteiger partial charge on any atom is -0.489 e. The smallest absolute Gasteiger partial charge is 0.350 e. The van der Waals surface area contributed by atoms with Crippen LogP contribution in [0.4, 0.5) is 10.1 Å². The number of rotatable bonds is 4. The highest BCUT2D eigenvalue weighted by Crippen LogP contribution is 2.45. The summed E-state index contributed by atoms with van der Waals surface area (Å²) >= 11 is 0. The number of fused-ring (bicyclic) bond motifs is 1. The van der Waals surface area contributed by atoms with E-state index in [0.29, 0.717) is 33.5 Å². The number of aromatic nitrogens is 2. The molecule has 4 rings (SSSR count). The van der Waals surface area contributed by atoms with Crippen LogP contribution in [0.5, 0.6) is 5.75 Å². The van der Waals surface area contributed by atoms with Gasteiger partial charge in [0.15, 0.2) is 5.82 Å². The Labute approximate surface area is 161 Å². The zero-order valence-corrected chi connectivity index (χ0v) is 16.4. The molecule has 0 amide bonds. The fraction of sp³-hybridized carbons (Fsp3) is 0.579. The van der Waals surface area contributed by atoms with Gasteiger partial charge in [0.2, 0.25) is 11.4 Å². The number of hydrogen-bond acceptors (Lipinski definition) is 5. The highest BCUT2D eigenvalue weighted by Gasteiger charge is 2.43. The van der Waals surface area contributed by atoms with Crippen molar-refractivity contribution in [1.29, 1.82) is 0 Å². The van der Waals surface area contributed by atoms with Crippen molar-refractivity contribution < 1.29 is 9.13 Å². The van der Waals surface area contributed by atoms with E-state index in [2.05, 4.69) is 0 Å². The first-order valence-electron chi connectivity index (χ1n) is 9.63. The number of nitrogen functional groups attached to an aromatic ring is 1. The molecule has 1 saturated carbocycles. The van der Waals surface area contributed by atoms with E-state index in [9.17, 15) is 9.59 Å². The quantitative estimate of drug-likeness (QED) is 0.588. The van der Waals surface area contributed by atoms with Gasteiger partial charge in [0.25, 0.3) is 5.56 Å². The number of halogens is 1. The SMILES string of the molecule is COc1c([N+]2(C)CCC(C(C)N)C2)c(F)cc2c(=O)n(N)c(=O)n(C3CC3)c12. The molecule has 2 aromatic rings. The van der Waals surface area contributed by atoms with Gasteiger partial charge in [-0.2, -0.15) is 4.68 Å². The highest BCUT2D eigenvalue weighted by atomic mass is 19.1. The van der Waals surface area contributed by atoms with E-state index >= 15 is 4.39 Å². The van der Waals surface area contributed by atoms with Crippen molar-refractivity contribution in [3.8, 4) is 5.75 Å². The first kappa shape index (κ1) is 18.9. The van der Waals surface area contributed by atoms with Gasteiger partial charge in [-0.15, -0.1) is 0 Å². The summed E-state index contributed by atoms with van der Waals surface area (Å²) in [6.45, 7) is 3.33. The zero-order chi connectivity index (χ0) is 20.4. The molecule has 1 aliphatic carbocycles. The van der Waals surface area contributed by atoms with Crippen molar-refractivity contribution in [3.63, 3.8) is 0 Å². The summed E-state index contributed by atoms with van der Waals surface area (Å²) in [6.07, 6.45) is 2.48. The number of nitrogens with zero attached hydrogens (tertiary/aromatic N) is 3. The number of quaternary nitrogens is 1. The number of benzene rings is 1. The van der Waals surface area contributed by atoms with Gasteiger partial charge in [0.05, 0.1) is 32.6 Å². The van der Waals surface area contributed by atoms with Crippen LogP contribution in [-0.2, 0) is 0 Å². The van der Waals surface area contributed by atoms with Crippen LogP contribution in [0.1, 0.15) is 32.2 Å². The van der Waals surface area contributed by atoms with E-state index in [1.165, 1.54) is 17.7 Å². The molecule has 3 atom stereocenters. The van der Waals surface area contributed by atoms with Crippen LogP contribution in [0.15, 0.2) is 15.7 Å². The van der Waals surface area contributed by atoms with Crippen LogP contribution in [0.25, 0.3) is 10.9 Å². The van der Waals surface area contributed by atoms with Crippen LogP contribution in [0.3, 0.4) is 0 Å². The molecule has 4 N–H and O–H groups in total. The van der Waals surface area contributed by atoms with Crippen LogP contribution in [0, 0.1) is 11.7 Å². The summed E-state index contributed by atoms with van der Waals surface area (Å²) in [7, 11) is 3.39. The Bertz CT molecular complexity index is 1070. The molecule has 2 aliphatic rings. The first-order chi connectivity index (χ1) is 13.2. The molecule has 2 heterocycles. The Balaban J connectivity index is 2.06. The minimum atomic E-state index is -0.724. The molecule has 2 fully saturated rings. The summed E-state index contributed by atoms with van der Waals surface area (Å²) in [5.41, 5.74) is 5.46. The second-order valence-corrected chi connectivity index (χ2v) is 8.41. The van der Waals surface area contributed by atoms with Gasteiger partial charge < -0.3 is 16.3 Å². The summed E-state index contributed by atoms with van der Waals surface area (Å²) < 4.78 is 23.3. The van der Waals surface area contributed by atoms with Gasteiger partial charge in [-0.25, -0.2) is 9.18 Å². The Morgan fingerprint density at radius 3 is 2.54 bits per heavy atom. The molecule has 1 aliphatic heterocycles. The highest BCUT2D eigenvalue weighted by molar-refractivity contribution is 5.90. The van der Waals surface area contributed by atoms with Crippen LogP contribution in [0.2, 0.25) is 0 Å². The van der Waals surface area contributed by atoms with E-state index in [0.717, 1.165) is 19.3 Å². The molecular weight excluding hydrogens is 365 g/mol. The topological polar surface area (TPSA) is 105 Å². The third-order valence-corrected chi connectivity index (χ3v) is 6.32. The molecule has 152 valence electrons. The number of nitrogens with two attached hydrogens (primary N) is 2. The molecule has 9 heteroatoms. The summed E-state index contributed by atoms with van der Waals surface area (Å²) in [4.78, 5) is 25.3. The number of ether oxygens (including phenoxy) is 1. The Morgan fingerprint density at radius 2 is 2.00 bits per heavy atom. The Kier molecular flexibility index (Phi) is 4.27. The fourth-order valence-electron chi connectivity index (χ4n) is 4.59. The molecule has 0 radical (unpaired) electrons. The molecule has 1 aromatic carbocycles. The van der Waals surface area contributed by atoms with Gasteiger partial charge in [-0.3, -0.25) is 13.8 Å². The molecule has 8 nitrogen and oxygen atoms in total. The summed E-state index contributed by atoms with van der Waals surface area (Å²) in [6, 6.07) is 1.14. The van der Waals surface area contributed by atoms with E-state index in [1.807, 2.05) is 14.0 Å². The van der Waals surface area contributed by atoms with Gasteiger partial charge in [0.1, 0.15) is 5.52 Å². The van der Waals surface area contributed by atoms with E-state index < -0.39 is 17.1 Å². The van der Waals surface area contributed by atoms with Crippen LogP contribution in [-0.4, -0.2) is 42.5 Å². The Hall–Kier alpha value is -2.39. The molecule has 1 saturated heterocycles. The normalized spacial score (nSPS) is 26.0. The second kappa shape index (κ2) is 6.31. The maximum atomic E-state index is 15.3. The van der Waals surface area contributed by atoms with E-state index in [1.54, 1.807) is 0 Å². The largest absolute Gasteiger partial charge is 0.489 e. The van der Waals surface area contributed by atoms with Crippen molar-refractivity contribution in [1.82, 2.24) is 13.7 Å². The van der Waals surface area contributed by atoms with Gasteiger partial charge in [-0.1, -0.05) is 0 Å². The van der Waals surface area contributed by atoms with Crippen LogP contribution < -0.4 is 32.0 Å². The lowest BCUT2D eigenvalue weighted by Gasteiger charge is -2.32. The van der Waals surface area contributed by atoms with Crippen molar-refractivity contribution in [2.75, 3.05) is 33.1 Å². The average Bonchev–Trinajstić information content (AvgIpc) is 3.40.